The minimum absolute atomic E-state index is 0.0602. The van der Waals surface area contributed by atoms with Crippen LogP contribution in [0.25, 0.3) is 0 Å². The van der Waals surface area contributed by atoms with Crippen molar-refractivity contribution in [3.63, 3.8) is 0 Å². The van der Waals surface area contributed by atoms with Gasteiger partial charge < -0.3 is 5.11 Å². The molecular formula is C7H9O2. The summed E-state index contributed by atoms with van der Waals surface area (Å²) < 4.78 is 0. The molecule has 2 rings (SSSR count). The van der Waals surface area contributed by atoms with Gasteiger partial charge in [-0.1, -0.05) is 0 Å². The Balaban J connectivity index is 2.06. The van der Waals surface area contributed by atoms with Crippen LogP contribution in [-0.4, -0.2) is 11.1 Å². The van der Waals surface area contributed by atoms with E-state index in [0.717, 1.165) is 19.3 Å². The number of hydrogen-bond donors (Lipinski definition) is 1. The summed E-state index contributed by atoms with van der Waals surface area (Å²) in [6.07, 6.45) is 3.14. The van der Waals surface area contributed by atoms with Gasteiger partial charge in [-0.2, -0.15) is 0 Å². The fraction of sp³-hybridized carbons (Fsp3) is 0.714. The summed E-state index contributed by atoms with van der Waals surface area (Å²) in [6, 6.07) is 0. The van der Waals surface area contributed by atoms with E-state index in [0.29, 0.717) is 5.92 Å². The first-order valence-electron chi connectivity index (χ1n) is 3.37. The lowest BCUT2D eigenvalue weighted by Crippen LogP contribution is -2.11. The minimum Gasteiger partial charge on any atom is -0.481 e. The number of fused-ring (bicyclic) bond motifs is 1. The van der Waals surface area contributed by atoms with Crippen molar-refractivity contribution < 1.29 is 9.90 Å². The Kier molecular flexibility index (Phi) is 0.875. The van der Waals surface area contributed by atoms with Gasteiger partial charge in [0.1, 0.15) is 0 Å². The van der Waals surface area contributed by atoms with Crippen molar-refractivity contribution in [3.8, 4) is 0 Å². The molecule has 49 valence electrons. The van der Waals surface area contributed by atoms with Gasteiger partial charge in [0.25, 0.3) is 0 Å². The van der Waals surface area contributed by atoms with Gasteiger partial charge in [-0.05, 0) is 31.1 Å². The maximum atomic E-state index is 10.4. The summed E-state index contributed by atoms with van der Waals surface area (Å²) in [6.45, 7) is 0. The van der Waals surface area contributed by atoms with Gasteiger partial charge in [0, 0.05) is 0 Å². The molecule has 9 heavy (non-hydrogen) atoms. The Labute approximate surface area is 53.9 Å². The number of carboxylic acid groups (broad SMARTS) is 1. The molecule has 2 unspecified atom stereocenters. The van der Waals surface area contributed by atoms with Crippen molar-refractivity contribution in [1.82, 2.24) is 0 Å². The number of aliphatic carboxylic acids is 1. The van der Waals surface area contributed by atoms with E-state index in [2.05, 4.69) is 0 Å². The topological polar surface area (TPSA) is 37.3 Å². The second-order valence-corrected chi connectivity index (χ2v) is 2.94. The standard InChI is InChI=1S/C7H9O2/c8-7(9)5-2-1-4-3-6(4)5/h4-5H,1-3H2,(H,8,9). The van der Waals surface area contributed by atoms with Crippen molar-refractivity contribution in [3.05, 3.63) is 5.92 Å². The Bertz CT molecular complexity index is 153. The molecule has 0 aromatic heterocycles. The highest BCUT2D eigenvalue weighted by atomic mass is 16.4. The largest absolute Gasteiger partial charge is 0.481 e. The van der Waals surface area contributed by atoms with Crippen LogP contribution in [0.1, 0.15) is 19.3 Å². The summed E-state index contributed by atoms with van der Waals surface area (Å²) in [5.74, 6) is 1.36. The van der Waals surface area contributed by atoms with Crippen molar-refractivity contribution in [1.29, 1.82) is 0 Å². The van der Waals surface area contributed by atoms with Gasteiger partial charge in [-0.3, -0.25) is 4.79 Å². The van der Waals surface area contributed by atoms with Crippen molar-refractivity contribution >= 4 is 5.97 Å². The van der Waals surface area contributed by atoms with Gasteiger partial charge in [-0.15, -0.1) is 0 Å². The van der Waals surface area contributed by atoms with E-state index < -0.39 is 5.97 Å². The van der Waals surface area contributed by atoms with E-state index in [4.69, 9.17) is 5.11 Å². The zero-order valence-corrected chi connectivity index (χ0v) is 5.13. The first kappa shape index (κ1) is 5.27. The molecule has 2 atom stereocenters. The molecule has 0 saturated heterocycles. The molecule has 2 heteroatoms. The molecule has 2 saturated carbocycles. The van der Waals surface area contributed by atoms with Crippen LogP contribution < -0.4 is 0 Å². The summed E-state index contributed by atoms with van der Waals surface area (Å²) in [5, 5.41) is 8.59. The molecule has 0 bridgehead atoms. The predicted octanol–water partition coefficient (Wildman–Crippen LogP) is 1.08. The fourth-order valence-electron chi connectivity index (χ4n) is 1.78. The third kappa shape index (κ3) is 0.655. The lowest BCUT2D eigenvalue weighted by Gasteiger charge is -2.01. The average molecular weight is 125 g/mol. The van der Waals surface area contributed by atoms with Crippen LogP contribution in [0.4, 0.5) is 0 Å². The number of rotatable bonds is 1. The quantitative estimate of drug-likeness (QED) is 0.569. The smallest absolute Gasteiger partial charge is 0.307 e. The molecular weight excluding hydrogens is 116 g/mol. The Hall–Kier alpha value is -0.530. The highest BCUT2D eigenvalue weighted by Crippen LogP contribution is 2.57. The van der Waals surface area contributed by atoms with Crippen LogP contribution in [0.3, 0.4) is 0 Å². The fourth-order valence-corrected chi connectivity index (χ4v) is 1.78. The number of carboxylic acids is 1. The molecule has 2 aliphatic rings. The van der Waals surface area contributed by atoms with E-state index in [1.54, 1.807) is 0 Å². The van der Waals surface area contributed by atoms with Gasteiger partial charge in [0.15, 0.2) is 0 Å². The van der Waals surface area contributed by atoms with Crippen LogP contribution in [-0.2, 0) is 4.79 Å². The lowest BCUT2D eigenvalue weighted by molar-refractivity contribution is -0.140. The molecule has 2 nitrogen and oxygen atoms in total. The number of hydrogen-bond acceptors (Lipinski definition) is 1. The highest BCUT2D eigenvalue weighted by molar-refractivity contribution is 5.74. The average Bonchev–Trinajstić information content (AvgIpc) is 2.43. The maximum absolute atomic E-state index is 10.4. The van der Waals surface area contributed by atoms with Crippen molar-refractivity contribution in [2.45, 2.75) is 19.3 Å². The van der Waals surface area contributed by atoms with Crippen LogP contribution in [0.15, 0.2) is 0 Å². The van der Waals surface area contributed by atoms with E-state index >= 15 is 0 Å². The maximum Gasteiger partial charge on any atom is 0.307 e. The van der Waals surface area contributed by atoms with E-state index in [1.807, 2.05) is 0 Å². The zero-order valence-electron chi connectivity index (χ0n) is 5.13. The number of carbonyl (C=O) groups is 1. The van der Waals surface area contributed by atoms with Crippen molar-refractivity contribution in [2.75, 3.05) is 0 Å². The van der Waals surface area contributed by atoms with Gasteiger partial charge in [0.05, 0.1) is 5.92 Å². The van der Waals surface area contributed by atoms with Gasteiger partial charge >= 0.3 is 5.97 Å². The molecule has 0 aromatic carbocycles. The Morgan fingerprint density at radius 1 is 1.56 bits per heavy atom. The highest BCUT2D eigenvalue weighted by Gasteiger charge is 2.51. The van der Waals surface area contributed by atoms with E-state index in [1.165, 1.54) is 5.92 Å². The summed E-state index contributed by atoms with van der Waals surface area (Å²) in [5.41, 5.74) is 0. The molecule has 2 aliphatic carbocycles. The van der Waals surface area contributed by atoms with Crippen LogP contribution >= 0.6 is 0 Å². The second kappa shape index (κ2) is 1.49. The Morgan fingerprint density at radius 3 is 2.56 bits per heavy atom. The predicted molar refractivity (Wildman–Crippen MR) is 31.7 cm³/mol. The molecule has 1 radical (unpaired) electrons. The summed E-state index contributed by atoms with van der Waals surface area (Å²) in [7, 11) is 0. The first-order valence-corrected chi connectivity index (χ1v) is 3.37. The third-order valence-corrected chi connectivity index (χ3v) is 2.40. The second-order valence-electron chi connectivity index (χ2n) is 2.94. The Morgan fingerprint density at radius 2 is 2.33 bits per heavy atom. The molecule has 0 amide bonds. The van der Waals surface area contributed by atoms with E-state index in [9.17, 15) is 4.79 Å². The SMILES string of the molecule is O=C(O)C1CCC2C[C]21. The minimum atomic E-state index is -0.606. The molecule has 2 fully saturated rings. The van der Waals surface area contributed by atoms with Crippen molar-refractivity contribution in [2.24, 2.45) is 11.8 Å². The monoisotopic (exact) mass is 125 g/mol. The zero-order chi connectivity index (χ0) is 6.43. The van der Waals surface area contributed by atoms with Crippen LogP contribution in [0.5, 0.6) is 0 Å². The lowest BCUT2D eigenvalue weighted by atomic mass is 10.0. The van der Waals surface area contributed by atoms with Crippen LogP contribution in [0, 0.1) is 17.8 Å². The molecule has 0 aliphatic heterocycles. The molecule has 0 heterocycles. The molecule has 0 spiro atoms. The molecule has 1 N–H and O–H groups in total. The van der Waals surface area contributed by atoms with Gasteiger partial charge in [-0.25, -0.2) is 0 Å². The normalized spacial score (nSPS) is 40.4. The van der Waals surface area contributed by atoms with Gasteiger partial charge in [0.2, 0.25) is 0 Å². The third-order valence-electron chi connectivity index (χ3n) is 2.40. The molecule has 0 aromatic rings. The van der Waals surface area contributed by atoms with Crippen LogP contribution in [0.2, 0.25) is 0 Å². The van der Waals surface area contributed by atoms with E-state index in [-0.39, 0.29) is 5.92 Å². The summed E-state index contributed by atoms with van der Waals surface area (Å²) in [4.78, 5) is 10.4. The first-order chi connectivity index (χ1) is 4.29. The summed E-state index contributed by atoms with van der Waals surface area (Å²) >= 11 is 0.